The number of carbonyl (C=O) groups is 1. The lowest BCUT2D eigenvalue weighted by Crippen LogP contribution is -2.19. The molecule has 0 aliphatic rings. The Hall–Kier alpha value is -1.20. The predicted molar refractivity (Wildman–Crippen MR) is 84.4 cm³/mol. The van der Waals surface area contributed by atoms with Crippen LogP contribution in [0.4, 0.5) is 0 Å². The van der Waals surface area contributed by atoms with Gasteiger partial charge in [-0.15, -0.1) is 0 Å². The van der Waals surface area contributed by atoms with Crippen molar-refractivity contribution in [2.75, 3.05) is 12.4 Å². The molecule has 1 aromatic rings. The summed E-state index contributed by atoms with van der Waals surface area (Å²) >= 11 is 0. The minimum atomic E-state index is -3.32. The van der Waals surface area contributed by atoms with Crippen LogP contribution in [0.2, 0.25) is 0 Å². The van der Waals surface area contributed by atoms with E-state index in [9.17, 15) is 13.2 Å². The highest BCUT2D eigenvalue weighted by atomic mass is 32.2. The number of hydrogen-bond donors (Lipinski definition) is 1. The number of carbonyl (C=O) groups excluding carboxylic acids is 1. The zero-order valence-electron chi connectivity index (χ0n) is 13.4. The van der Waals surface area contributed by atoms with Gasteiger partial charge in [-0.3, -0.25) is 4.79 Å². The van der Waals surface area contributed by atoms with Crippen molar-refractivity contribution in [1.29, 1.82) is 0 Å². The van der Waals surface area contributed by atoms with Gasteiger partial charge in [0.15, 0.2) is 15.6 Å². The minimum Gasteiger partial charge on any atom is -0.396 e. The number of benzene rings is 1. The first-order chi connectivity index (χ1) is 9.59. The van der Waals surface area contributed by atoms with Gasteiger partial charge in [0, 0.05) is 12.2 Å². The maximum Gasteiger partial charge on any atom is 0.160 e. The van der Waals surface area contributed by atoms with E-state index < -0.39 is 9.84 Å². The molecule has 0 heterocycles. The Morgan fingerprint density at radius 2 is 1.81 bits per heavy atom. The zero-order valence-corrected chi connectivity index (χ0v) is 14.2. The molecular weight excluding hydrogens is 288 g/mol. The van der Waals surface area contributed by atoms with Crippen LogP contribution < -0.4 is 0 Å². The van der Waals surface area contributed by atoms with Gasteiger partial charge in [-0.25, -0.2) is 8.42 Å². The van der Waals surface area contributed by atoms with Crippen molar-refractivity contribution in [3.8, 4) is 0 Å². The van der Waals surface area contributed by atoms with Crippen LogP contribution in [0.15, 0.2) is 6.07 Å². The van der Waals surface area contributed by atoms with E-state index in [0.29, 0.717) is 11.1 Å². The summed E-state index contributed by atoms with van der Waals surface area (Å²) in [5, 5.41) is 9.02. The molecule has 1 atom stereocenters. The van der Waals surface area contributed by atoms with E-state index in [-0.39, 0.29) is 29.8 Å². The van der Waals surface area contributed by atoms with Gasteiger partial charge in [0.1, 0.15) is 0 Å². The second-order valence-electron chi connectivity index (χ2n) is 5.89. The fourth-order valence-electron chi connectivity index (χ4n) is 2.76. The number of hydrogen-bond acceptors (Lipinski definition) is 4. The number of aryl methyl sites for hydroxylation is 2. The SMILES string of the molecule is CC(=O)c1c(C)cc(C)c(CS(=O)(=O)CC(C)CO)c1C. The van der Waals surface area contributed by atoms with Crippen molar-refractivity contribution >= 4 is 15.6 Å². The average molecular weight is 312 g/mol. The van der Waals surface area contributed by atoms with Gasteiger partial charge in [-0.2, -0.15) is 0 Å². The minimum absolute atomic E-state index is 0.0487. The van der Waals surface area contributed by atoms with Crippen molar-refractivity contribution in [1.82, 2.24) is 0 Å². The highest BCUT2D eigenvalue weighted by molar-refractivity contribution is 7.90. The lowest BCUT2D eigenvalue weighted by atomic mass is 9.92. The summed E-state index contributed by atoms with van der Waals surface area (Å²) in [4.78, 5) is 11.8. The molecule has 0 fully saturated rings. The first kappa shape index (κ1) is 17.9. The number of Topliss-reactive ketones (excluding diaryl/α,β-unsaturated/α-hetero) is 1. The highest BCUT2D eigenvalue weighted by Crippen LogP contribution is 2.25. The van der Waals surface area contributed by atoms with Gasteiger partial charge in [-0.05, 0) is 55.9 Å². The number of ketones is 1. The Balaban J connectivity index is 3.26. The molecule has 0 aliphatic heterocycles. The largest absolute Gasteiger partial charge is 0.396 e. The van der Waals surface area contributed by atoms with E-state index in [2.05, 4.69) is 0 Å². The van der Waals surface area contributed by atoms with Gasteiger partial charge in [0.2, 0.25) is 0 Å². The number of aliphatic hydroxyl groups excluding tert-OH is 1. The summed E-state index contributed by atoms with van der Waals surface area (Å²) in [6.45, 7) is 8.58. The first-order valence-corrected chi connectivity index (χ1v) is 8.83. The summed E-state index contributed by atoms with van der Waals surface area (Å²) in [5.74, 6) is -0.470. The molecule has 0 amide bonds. The van der Waals surface area contributed by atoms with Crippen LogP contribution in [0.5, 0.6) is 0 Å². The number of rotatable bonds is 6. The molecule has 1 unspecified atom stereocenters. The third-order valence-corrected chi connectivity index (χ3v) is 5.50. The standard InChI is InChI=1S/C16H24O4S/c1-10(7-17)8-21(19,20)9-15-11(2)6-12(3)16(13(15)4)14(5)18/h6,10,17H,7-9H2,1-5H3. The van der Waals surface area contributed by atoms with Gasteiger partial charge in [-0.1, -0.05) is 13.0 Å². The van der Waals surface area contributed by atoms with Gasteiger partial charge < -0.3 is 5.11 Å². The van der Waals surface area contributed by atoms with Crippen LogP contribution in [-0.4, -0.2) is 31.7 Å². The third-order valence-electron chi connectivity index (χ3n) is 3.70. The van der Waals surface area contributed by atoms with E-state index in [1.54, 1.807) is 13.8 Å². The van der Waals surface area contributed by atoms with E-state index in [0.717, 1.165) is 16.7 Å². The molecule has 0 aromatic heterocycles. The molecule has 1 N–H and O–H groups in total. The van der Waals surface area contributed by atoms with Crippen LogP contribution >= 0.6 is 0 Å². The Labute approximate surface area is 127 Å². The Morgan fingerprint density at radius 3 is 2.29 bits per heavy atom. The van der Waals surface area contributed by atoms with E-state index in [4.69, 9.17) is 5.11 Å². The number of aliphatic hydroxyl groups is 1. The molecule has 0 spiro atoms. The summed E-state index contributed by atoms with van der Waals surface area (Å²) < 4.78 is 24.5. The van der Waals surface area contributed by atoms with Crippen molar-refractivity contribution in [2.45, 2.75) is 40.4 Å². The summed E-state index contributed by atoms with van der Waals surface area (Å²) in [6.07, 6.45) is 0. The molecule has 0 bridgehead atoms. The fraction of sp³-hybridized carbons (Fsp3) is 0.562. The molecule has 118 valence electrons. The molecule has 1 aromatic carbocycles. The van der Waals surface area contributed by atoms with Crippen LogP contribution in [-0.2, 0) is 15.6 Å². The van der Waals surface area contributed by atoms with Crippen molar-refractivity contribution in [2.24, 2.45) is 5.92 Å². The maximum absolute atomic E-state index is 12.2. The quantitative estimate of drug-likeness (QED) is 0.819. The van der Waals surface area contributed by atoms with E-state index in [1.165, 1.54) is 6.92 Å². The normalized spacial score (nSPS) is 13.2. The van der Waals surface area contributed by atoms with Crippen LogP contribution in [0, 0.1) is 26.7 Å². The Bertz CT molecular complexity index is 645. The number of sulfone groups is 1. The van der Waals surface area contributed by atoms with E-state index >= 15 is 0 Å². The van der Waals surface area contributed by atoms with Crippen molar-refractivity contribution in [3.05, 3.63) is 33.9 Å². The smallest absolute Gasteiger partial charge is 0.160 e. The van der Waals surface area contributed by atoms with Crippen molar-refractivity contribution < 1.29 is 18.3 Å². The predicted octanol–water partition coefficient (Wildman–Crippen LogP) is 2.36. The lowest BCUT2D eigenvalue weighted by molar-refractivity contribution is 0.101. The summed E-state index contributed by atoms with van der Waals surface area (Å²) in [5.41, 5.74) is 3.83. The molecule has 0 saturated heterocycles. The lowest BCUT2D eigenvalue weighted by Gasteiger charge is -2.17. The zero-order chi connectivity index (χ0) is 16.4. The summed E-state index contributed by atoms with van der Waals surface area (Å²) in [7, 11) is -3.32. The Morgan fingerprint density at radius 1 is 1.24 bits per heavy atom. The monoisotopic (exact) mass is 312 g/mol. The second-order valence-corrected chi connectivity index (χ2v) is 8.00. The van der Waals surface area contributed by atoms with Crippen LogP contribution in [0.25, 0.3) is 0 Å². The highest BCUT2D eigenvalue weighted by Gasteiger charge is 2.21. The third kappa shape index (κ3) is 4.38. The molecule has 0 saturated carbocycles. The molecule has 1 rings (SSSR count). The topological polar surface area (TPSA) is 71.4 Å². The fourth-order valence-corrected chi connectivity index (χ4v) is 4.73. The Kier molecular flexibility index (Phi) is 5.70. The molecule has 0 aliphatic carbocycles. The molecule has 5 heteroatoms. The van der Waals surface area contributed by atoms with Gasteiger partial charge >= 0.3 is 0 Å². The first-order valence-electron chi connectivity index (χ1n) is 7.01. The molecule has 21 heavy (non-hydrogen) atoms. The summed E-state index contributed by atoms with van der Waals surface area (Å²) in [6, 6.07) is 1.87. The van der Waals surface area contributed by atoms with Crippen molar-refractivity contribution in [3.63, 3.8) is 0 Å². The molecular formula is C16H24O4S. The van der Waals surface area contributed by atoms with Gasteiger partial charge in [0.25, 0.3) is 0 Å². The van der Waals surface area contributed by atoms with Crippen LogP contribution in [0.1, 0.15) is 46.5 Å². The maximum atomic E-state index is 12.2. The van der Waals surface area contributed by atoms with Crippen LogP contribution in [0.3, 0.4) is 0 Å². The van der Waals surface area contributed by atoms with E-state index in [1.807, 2.05) is 19.9 Å². The average Bonchev–Trinajstić information content (AvgIpc) is 2.33. The van der Waals surface area contributed by atoms with Gasteiger partial charge in [0.05, 0.1) is 11.5 Å². The molecule has 0 radical (unpaired) electrons. The molecule has 4 nitrogen and oxygen atoms in total. The second kappa shape index (κ2) is 6.71.